The van der Waals surface area contributed by atoms with E-state index in [-0.39, 0.29) is 12.1 Å². The van der Waals surface area contributed by atoms with E-state index in [0.29, 0.717) is 21.4 Å². The highest BCUT2D eigenvalue weighted by Crippen LogP contribution is 2.20. The molecule has 0 saturated carbocycles. The van der Waals surface area contributed by atoms with Gasteiger partial charge < -0.3 is 4.52 Å². The number of fused-ring (bicyclic) bond motifs is 1. The quantitative estimate of drug-likeness (QED) is 0.541. The lowest BCUT2D eigenvalue weighted by atomic mass is 10.1. The Morgan fingerprint density at radius 1 is 1.25 bits per heavy atom. The van der Waals surface area contributed by atoms with Crippen LogP contribution in [0.5, 0.6) is 0 Å². The van der Waals surface area contributed by atoms with Gasteiger partial charge in [0.2, 0.25) is 0 Å². The van der Waals surface area contributed by atoms with Gasteiger partial charge in [0.05, 0.1) is 6.54 Å². The maximum absolute atomic E-state index is 12.6. The van der Waals surface area contributed by atoms with Gasteiger partial charge in [-0.05, 0) is 15.9 Å². The standard InChI is InChI=1S/C16H12BrN5O2/c1-21-15-13(14(17)19-21)16(23)22(9-18-15)8-11-7-12(20-24-11)10-5-3-2-4-6-10/h2-7,9H,8H2,1H3. The topological polar surface area (TPSA) is 78.7 Å². The normalized spacial score (nSPS) is 11.2. The van der Waals surface area contributed by atoms with E-state index in [0.717, 1.165) is 11.3 Å². The van der Waals surface area contributed by atoms with Gasteiger partial charge in [-0.15, -0.1) is 0 Å². The summed E-state index contributed by atoms with van der Waals surface area (Å²) >= 11 is 3.30. The summed E-state index contributed by atoms with van der Waals surface area (Å²) in [6, 6.07) is 11.5. The monoisotopic (exact) mass is 385 g/mol. The lowest BCUT2D eigenvalue weighted by molar-refractivity contribution is 0.376. The maximum atomic E-state index is 12.6. The number of hydrogen-bond donors (Lipinski definition) is 0. The predicted molar refractivity (Wildman–Crippen MR) is 91.5 cm³/mol. The van der Waals surface area contributed by atoms with E-state index in [2.05, 4.69) is 31.2 Å². The molecule has 4 aromatic rings. The molecule has 0 atom stereocenters. The minimum absolute atomic E-state index is 0.183. The zero-order chi connectivity index (χ0) is 16.7. The molecule has 0 aliphatic rings. The Labute approximate surface area is 144 Å². The van der Waals surface area contributed by atoms with Crippen LogP contribution in [0.25, 0.3) is 22.3 Å². The zero-order valence-corrected chi connectivity index (χ0v) is 14.3. The van der Waals surface area contributed by atoms with Crippen molar-refractivity contribution in [2.45, 2.75) is 6.54 Å². The third-order valence-corrected chi connectivity index (χ3v) is 4.28. The molecule has 0 saturated heterocycles. The van der Waals surface area contributed by atoms with Gasteiger partial charge in [-0.2, -0.15) is 5.10 Å². The number of nitrogens with zero attached hydrogens (tertiary/aromatic N) is 5. The van der Waals surface area contributed by atoms with Gasteiger partial charge in [0.1, 0.15) is 22.0 Å². The van der Waals surface area contributed by atoms with Gasteiger partial charge in [-0.25, -0.2) is 9.67 Å². The number of hydrogen-bond acceptors (Lipinski definition) is 5. The number of aryl methyl sites for hydroxylation is 1. The summed E-state index contributed by atoms with van der Waals surface area (Å²) in [5.41, 5.74) is 2.04. The lowest BCUT2D eigenvalue weighted by Crippen LogP contribution is -2.21. The van der Waals surface area contributed by atoms with Crippen molar-refractivity contribution in [2.24, 2.45) is 7.05 Å². The van der Waals surface area contributed by atoms with Gasteiger partial charge in [-0.3, -0.25) is 9.36 Å². The molecule has 0 unspecified atom stereocenters. The molecule has 24 heavy (non-hydrogen) atoms. The summed E-state index contributed by atoms with van der Waals surface area (Å²) in [4.78, 5) is 16.9. The minimum Gasteiger partial charge on any atom is -0.359 e. The van der Waals surface area contributed by atoms with Gasteiger partial charge in [0.15, 0.2) is 11.4 Å². The van der Waals surface area contributed by atoms with Gasteiger partial charge in [0, 0.05) is 18.7 Å². The second kappa shape index (κ2) is 5.72. The Bertz CT molecular complexity index is 1080. The van der Waals surface area contributed by atoms with E-state index in [9.17, 15) is 4.79 Å². The van der Waals surface area contributed by atoms with Crippen LogP contribution in [0.15, 0.2) is 56.6 Å². The van der Waals surface area contributed by atoms with Crippen LogP contribution in [0.4, 0.5) is 0 Å². The summed E-state index contributed by atoms with van der Waals surface area (Å²) in [7, 11) is 1.74. The van der Waals surface area contributed by atoms with Gasteiger partial charge in [-0.1, -0.05) is 35.5 Å². The Balaban J connectivity index is 1.70. The van der Waals surface area contributed by atoms with Crippen LogP contribution in [0.2, 0.25) is 0 Å². The molecule has 0 amide bonds. The average molecular weight is 386 g/mol. The SMILES string of the molecule is Cn1nc(Br)c2c(=O)n(Cc3cc(-c4ccccc4)no3)cnc21. The number of rotatable bonds is 3. The minimum atomic E-state index is -0.183. The van der Waals surface area contributed by atoms with E-state index < -0.39 is 0 Å². The molecule has 0 fully saturated rings. The van der Waals surface area contributed by atoms with Crippen LogP contribution in [0.1, 0.15) is 5.76 Å². The van der Waals surface area contributed by atoms with E-state index >= 15 is 0 Å². The largest absolute Gasteiger partial charge is 0.359 e. The highest BCUT2D eigenvalue weighted by atomic mass is 79.9. The molecule has 0 aliphatic heterocycles. The third kappa shape index (κ3) is 2.44. The summed E-state index contributed by atoms with van der Waals surface area (Å²) in [5.74, 6) is 0.581. The second-order valence-corrected chi connectivity index (χ2v) is 6.09. The first-order valence-electron chi connectivity index (χ1n) is 7.22. The Morgan fingerprint density at radius 2 is 2.04 bits per heavy atom. The van der Waals surface area contributed by atoms with Crippen LogP contribution in [0, 0.1) is 0 Å². The number of benzene rings is 1. The molecule has 4 rings (SSSR count). The molecule has 0 bridgehead atoms. The Hall–Kier alpha value is -2.74. The number of aromatic nitrogens is 5. The summed E-state index contributed by atoms with van der Waals surface area (Å²) < 4.78 is 8.88. The lowest BCUT2D eigenvalue weighted by Gasteiger charge is -2.02. The summed E-state index contributed by atoms with van der Waals surface area (Å²) in [6.45, 7) is 0.253. The molecule has 0 spiro atoms. The Kier molecular flexibility index (Phi) is 3.53. The fourth-order valence-corrected chi connectivity index (χ4v) is 3.13. The fraction of sp³-hybridized carbons (Fsp3) is 0.125. The van der Waals surface area contributed by atoms with Gasteiger partial charge >= 0.3 is 0 Å². The molecule has 0 N–H and O–H groups in total. The Morgan fingerprint density at radius 3 is 2.83 bits per heavy atom. The molecule has 3 heterocycles. The second-order valence-electron chi connectivity index (χ2n) is 5.34. The van der Waals surface area contributed by atoms with Crippen molar-refractivity contribution in [3.63, 3.8) is 0 Å². The highest BCUT2D eigenvalue weighted by Gasteiger charge is 2.15. The highest BCUT2D eigenvalue weighted by molar-refractivity contribution is 9.10. The van der Waals surface area contributed by atoms with E-state index in [4.69, 9.17) is 4.52 Å². The van der Waals surface area contributed by atoms with Crippen LogP contribution in [0.3, 0.4) is 0 Å². The number of halogens is 1. The van der Waals surface area contributed by atoms with Gasteiger partial charge in [0.25, 0.3) is 5.56 Å². The molecule has 0 aliphatic carbocycles. The molecule has 0 radical (unpaired) electrons. The van der Waals surface area contributed by atoms with Crippen molar-refractivity contribution in [1.82, 2.24) is 24.5 Å². The smallest absolute Gasteiger partial charge is 0.266 e. The van der Waals surface area contributed by atoms with Crippen molar-refractivity contribution >= 4 is 27.0 Å². The summed E-state index contributed by atoms with van der Waals surface area (Å²) in [5, 5.41) is 8.67. The van der Waals surface area contributed by atoms with Crippen LogP contribution in [-0.4, -0.2) is 24.5 Å². The van der Waals surface area contributed by atoms with Crippen LogP contribution >= 0.6 is 15.9 Å². The fourth-order valence-electron chi connectivity index (χ4n) is 2.55. The first-order chi connectivity index (χ1) is 11.6. The van der Waals surface area contributed by atoms with Crippen molar-refractivity contribution in [3.05, 3.63) is 63.4 Å². The van der Waals surface area contributed by atoms with E-state index in [1.165, 1.54) is 10.9 Å². The summed E-state index contributed by atoms with van der Waals surface area (Å²) in [6.07, 6.45) is 1.49. The molecular formula is C16H12BrN5O2. The third-order valence-electron chi connectivity index (χ3n) is 3.72. The molecule has 120 valence electrons. The maximum Gasteiger partial charge on any atom is 0.266 e. The first kappa shape index (κ1) is 14.8. The molecule has 3 aromatic heterocycles. The molecule has 8 heteroatoms. The molecule has 7 nitrogen and oxygen atoms in total. The van der Waals surface area contributed by atoms with Crippen LogP contribution in [-0.2, 0) is 13.6 Å². The van der Waals surface area contributed by atoms with Crippen molar-refractivity contribution in [1.29, 1.82) is 0 Å². The van der Waals surface area contributed by atoms with Crippen molar-refractivity contribution in [3.8, 4) is 11.3 Å². The van der Waals surface area contributed by atoms with E-state index in [1.807, 2.05) is 36.4 Å². The van der Waals surface area contributed by atoms with E-state index in [1.54, 1.807) is 11.7 Å². The van der Waals surface area contributed by atoms with Crippen molar-refractivity contribution < 1.29 is 4.52 Å². The molecular weight excluding hydrogens is 374 g/mol. The average Bonchev–Trinajstić information content (AvgIpc) is 3.16. The first-order valence-corrected chi connectivity index (χ1v) is 8.01. The molecule has 1 aromatic carbocycles. The van der Waals surface area contributed by atoms with Crippen LogP contribution < -0.4 is 5.56 Å². The zero-order valence-electron chi connectivity index (χ0n) is 12.7. The predicted octanol–water partition coefficient (Wildman–Crippen LogP) is 2.60. The van der Waals surface area contributed by atoms with Crippen molar-refractivity contribution in [2.75, 3.05) is 0 Å².